The van der Waals surface area contributed by atoms with Gasteiger partial charge in [0.25, 0.3) is 0 Å². The molecule has 0 saturated heterocycles. The van der Waals surface area contributed by atoms with Crippen LogP contribution in [0.5, 0.6) is 0 Å². The average molecular weight is 883 g/mol. The van der Waals surface area contributed by atoms with Crippen LogP contribution in [0.4, 0.5) is 17.1 Å². The number of hydrogen-bond donors (Lipinski definition) is 0. The van der Waals surface area contributed by atoms with Crippen LogP contribution in [0, 0.1) is 0 Å². The van der Waals surface area contributed by atoms with Gasteiger partial charge in [-0.3, -0.25) is 0 Å². The molecule has 0 aliphatic heterocycles. The quantitative estimate of drug-likeness (QED) is 0.119. The van der Waals surface area contributed by atoms with Gasteiger partial charge in [-0.15, -0.1) is 0 Å². The Morgan fingerprint density at radius 3 is 1.33 bits per heavy atom. The maximum Gasteiger partial charge on any atom is 0.0541 e. The summed E-state index contributed by atoms with van der Waals surface area (Å²) in [5.41, 5.74) is 21.2. The van der Waals surface area contributed by atoms with Crippen molar-refractivity contribution in [3.8, 4) is 39.1 Å². The minimum absolute atomic E-state index is 0.445. The van der Waals surface area contributed by atoms with E-state index < -0.39 is 5.41 Å². The van der Waals surface area contributed by atoms with Crippen molar-refractivity contribution in [2.45, 2.75) is 18.3 Å². The zero-order chi connectivity index (χ0) is 46.3. The molecule has 0 bridgehead atoms. The summed E-state index contributed by atoms with van der Waals surface area (Å²) >= 11 is 0. The van der Waals surface area contributed by atoms with Crippen molar-refractivity contribution in [3.63, 3.8) is 0 Å². The Labute approximate surface area is 405 Å². The average Bonchev–Trinajstić information content (AvgIpc) is 3.89. The molecule has 1 heterocycles. The van der Waals surface area contributed by atoms with Crippen LogP contribution in [0.25, 0.3) is 73.0 Å². The van der Waals surface area contributed by atoms with Gasteiger partial charge in [-0.2, -0.15) is 0 Å². The minimum atomic E-state index is -0.445. The lowest BCUT2D eigenvalue weighted by molar-refractivity contribution is 0.520. The number of benzene rings is 10. The Kier molecular flexibility index (Phi) is 10.6. The Morgan fingerprint density at radius 1 is 0.377 bits per heavy atom. The first kappa shape index (κ1) is 41.7. The third-order valence-electron chi connectivity index (χ3n) is 14.3. The maximum atomic E-state index is 4.08. The summed E-state index contributed by atoms with van der Waals surface area (Å²) < 4.78 is 2.46. The first-order chi connectivity index (χ1) is 34.1. The molecule has 12 rings (SSSR count). The molecule has 2 nitrogen and oxygen atoms in total. The van der Waals surface area contributed by atoms with E-state index in [4.69, 9.17) is 0 Å². The molecule has 0 radical (unpaired) electrons. The molecule has 1 aliphatic rings. The molecular weight excluding hydrogens is 833 g/mol. The van der Waals surface area contributed by atoms with Crippen LogP contribution in [0.1, 0.15) is 33.4 Å². The highest BCUT2D eigenvalue weighted by atomic mass is 15.1. The number of anilines is 3. The highest BCUT2D eigenvalue weighted by Crippen LogP contribution is 2.55. The van der Waals surface area contributed by atoms with Gasteiger partial charge in [0.05, 0.1) is 11.0 Å². The summed E-state index contributed by atoms with van der Waals surface area (Å²) in [5, 5.41) is 2.51. The summed E-state index contributed by atoms with van der Waals surface area (Å²) in [5.74, 6) is 0. The molecule has 328 valence electrons. The van der Waals surface area contributed by atoms with Crippen LogP contribution >= 0.6 is 0 Å². The van der Waals surface area contributed by atoms with Crippen LogP contribution in [-0.4, -0.2) is 4.57 Å². The molecule has 1 aliphatic carbocycles. The van der Waals surface area contributed by atoms with Crippen molar-refractivity contribution in [2.75, 3.05) is 4.90 Å². The number of fused-ring (bicyclic) bond motifs is 6. The molecule has 0 atom stereocenters. The zero-order valence-corrected chi connectivity index (χ0v) is 38.5. The number of nitrogens with zero attached hydrogens (tertiary/aromatic N) is 2. The third kappa shape index (κ3) is 7.48. The summed E-state index contributed by atoms with van der Waals surface area (Å²) in [7, 11) is 0. The summed E-state index contributed by atoms with van der Waals surface area (Å²) in [6.45, 7) is 8.16. The molecule has 0 spiro atoms. The van der Waals surface area contributed by atoms with E-state index in [1.165, 1.54) is 77.4 Å². The van der Waals surface area contributed by atoms with Gasteiger partial charge in [-0.25, -0.2) is 0 Å². The molecule has 10 aromatic carbocycles. The molecule has 0 saturated carbocycles. The van der Waals surface area contributed by atoms with E-state index in [0.717, 1.165) is 46.7 Å². The van der Waals surface area contributed by atoms with Crippen molar-refractivity contribution in [1.29, 1.82) is 0 Å². The largest absolute Gasteiger partial charge is 0.310 e. The molecule has 69 heavy (non-hydrogen) atoms. The zero-order valence-electron chi connectivity index (χ0n) is 38.5. The lowest BCUT2D eigenvalue weighted by Gasteiger charge is -2.34. The minimum Gasteiger partial charge on any atom is -0.310 e. The van der Waals surface area contributed by atoms with Gasteiger partial charge in [-0.05, 0) is 140 Å². The topological polar surface area (TPSA) is 8.17 Å². The van der Waals surface area contributed by atoms with E-state index in [0.29, 0.717) is 0 Å². The molecule has 0 fully saturated rings. The second-order valence-corrected chi connectivity index (χ2v) is 18.3. The molecule has 1 aromatic heterocycles. The Balaban J connectivity index is 1.04. The number of aromatic nitrogens is 1. The predicted molar refractivity (Wildman–Crippen MR) is 293 cm³/mol. The number of hydrogen-bond acceptors (Lipinski definition) is 1. The van der Waals surface area contributed by atoms with Crippen molar-refractivity contribution in [2.24, 2.45) is 0 Å². The summed E-state index contributed by atoms with van der Waals surface area (Å²) in [6, 6.07) is 89.3. The Bertz CT molecular complexity index is 3550. The van der Waals surface area contributed by atoms with Gasteiger partial charge < -0.3 is 9.47 Å². The standard InChI is InChI=1S/C67H50N2/c1-3-47-23-27-49(28-24-47)45-67(46-50-29-25-48(4-2)26-30-50)63-43-57(39-41-59(63)60-42-40-58(44-64(60)67)69-65-21-13-11-19-61(65)62-20-12-14-22-66(62)69)68(55-17-9-6-10-18-55)56-37-35-54(36-38-56)53-33-31-52(32-34-53)51-15-7-5-8-16-51/h3-44H,1-2,45-46H2. The molecule has 2 heteroatoms. The second-order valence-electron chi connectivity index (χ2n) is 18.3. The van der Waals surface area contributed by atoms with Crippen LogP contribution in [-0.2, 0) is 18.3 Å². The van der Waals surface area contributed by atoms with Gasteiger partial charge in [0.2, 0.25) is 0 Å². The lowest BCUT2D eigenvalue weighted by atomic mass is 9.69. The molecule has 0 unspecified atom stereocenters. The van der Waals surface area contributed by atoms with Crippen LogP contribution < -0.4 is 4.90 Å². The van der Waals surface area contributed by atoms with Crippen molar-refractivity contribution < 1.29 is 0 Å². The summed E-state index contributed by atoms with van der Waals surface area (Å²) in [4.78, 5) is 2.41. The highest BCUT2D eigenvalue weighted by molar-refractivity contribution is 6.09. The molecule has 0 amide bonds. The third-order valence-corrected chi connectivity index (χ3v) is 14.3. The first-order valence-electron chi connectivity index (χ1n) is 23.9. The van der Waals surface area contributed by atoms with Gasteiger partial charge in [0, 0.05) is 38.9 Å². The van der Waals surface area contributed by atoms with Crippen LogP contribution in [0.3, 0.4) is 0 Å². The summed E-state index contributed by atoms with van der Waals surface area (Å²) in [6.07, 6.45) is 5.46. The lowest BCUT2D eigenvalue weighted by Crippen LogP contribution is -2.31. The molecule has 11 aromatic rings. The molecule has 0 N–H and O–H groups in total. The van der Waals surface area contributed by atoms with Crippen molar-refractivity contribution in [3.05, 3.63) is 289 Å². The smallest absolute Gasteiger partial charge is 0.0541 e. The van der Waals surface area contributed by atoms with Gasteiger partial charge in [0.15, 0.2) is 0 Å². The van der Waals surface area contributed by atoms with Gasteiger partial charge >= 0.3 is 0 Å². The van der Waals surface area contributed by atoms with Gasteiger partial charge in [-0.1, -0.05) is 207 Å². The highest BCUT2D eigenvalue weighted by Gasteiger charge is 2.44. The van der Waals surface area contributed by atoms with E-state index in [1.807, 2.05) is 12.2 Å². The van der Waals surface area contributed by atoms with E-state index in [1.54, 1.807) is 0 Å². The van der Waals surface area contributed by atoms with Crippen LogP contribution in [0.2, 0.25) is 0 Å². The Hall–Kier alpha value is -8.72. The molecular formula is C67H50N2. The Morgan fingerprint density at radius 2 is 0.797 bits per heavy atom. The van der Waals surface area contributed by atoms with Crippen LogP contribution in [0.15, 0.2) is 256 Å². The fourth-order valence-electron chi connectivity index (χ4n) is 10.9. The number of rotatable bonds is 12. The van der Waals surface area contributed by atoms with E-state index in [-0.39, 0.29) is 0 Å². The maximum absolute atomic E-state index is 4.08. The fourth-order valence-corrected chi connectivity index (χ4v) is 10.9. The first-order valence-corrected chi connectivity index (χ1v) is 23.9. The van der Waals surface area contributed by atoms with Crippen molar-refractivity contribution >= 4 is 51.0 Å². The van der Waals surface area contributed by atoms with E-state index in [2.05, 4.69) is 265 Å². The normalized spacial score (nSPS) is 12.4. The SMILES string of the molecule is C=Cc1ccc(CC2(Cc3ccc(C=C)cc3)c3cc(N(c4ccccc4)c4ccc(-c5ccc(-c6ccccc6)cc5)cc4)ccc3-c3ccc(-n4c5ccccc5c5ccccc54)cc32)cc1. The van der Waals surface area contributed by atoms with E-state index in [9.17, 15) is 0 Å². The van der Waals surface area contributed by atoms with E-state index >= 15 is 0 Å². The second kappa shape index (κ2) is 17.5. The predicted octanol–water partition coefficient (Wildman–Crippen LogP) is 17.6. The monoisotopic (exact) mass is 882 g/mol. The van der Waals surface area contributed by atoms with Crippen molar-refractivity contribution in [1.82, 2.24) is 4.57 Å². The fraction of sp³-hybridized carbons (Fsp3) is 0.0448. The number of para-hydroxylation sites is 3. The van der Waals surface area contributed by atoms with Gasteiger partial charge in [0.1, 0.15) is 0 Å².